The summed E-state index contributed by atoms with van der Waals surface area (Å²) in [7, 11) is 0. The van der Waals surface area contributed by atoms with E-state index in [1.54, 1.807) is 0 Å². The lowest BCUT2D eigenvalue weighted by Gasteiger charge is -2.44. The largest absolute Gasteiger partial charge is 0.494 e. The summed E-state index contributed by atoms with van der Waals surface area (Å²) in [4.78, 5) is 27.3. The van der Waals surface area contributed by atoms with Gasteiger partial charge in [0, 0.05) is 32.4 Å². The maximum Gasteiger partial charge on any atom is 0.222 e. The number of amides is 1. The van der Waals surface area contributed by atoms with Crippen molar-refractivity contribution in [1.29, 1.82) is 0 Å². The van der Waals surface area contributed by atoms with E-state index in [1.807, 2.05) is 54.3 Å². The van der Waals surface area contributed by atoms with Gasteiger partial charge < -0.3 is 14.4 Å². The van der Waals surface area contributed by atoms with Gasteiger partial charge in [0.15, 0.2) is 5.78 Å². The van der Waals surface area contributed by atoms with Crippen molar-refractivity contribution in [3.05, 3.63) is 71.8 Å². The van der Waals surface area contributed by atoms with Crippen molar-refractivity contribution in [3.63, 3.8) is 0 Å². The van der Waals surface area contributed by atoms with Crippen LogP contribution in [0.5, 0.6) is 11.5 Å². The highest BCUT2D eigenvalue weighted by Gasteiger charge is 2.43. The molecule has 0 aromatic heterocycles. The first-order valence-corrected chi connectivity index (χ1v) is 11.7. The molecule has 0 unspecified atom stereocenters. The highest BCUT2D eigenvalue weighted by molar-refractivity contribution is 6.00. The SMILES string of the molecule is Cc1ccc2c(c1)C(=O)CC1(CCN(C(=O)CCCOc3ccc4ccccc4c3)CC1)O2. The molecule has 0 radical (unpaired) electrons. The Morgan fingerprint density at radius 2 is 1.82 bits per heavy atom. The fourth-order valence-electron chi connectivity index (χ4n) is 4.88. The van der Waals surface area contributed by atoms with Crippen LogP contribution >= 0.6 is 0 Å². The second-order valence-corrected chi connectivity index (χ2v) is 9.23. The van der Waals surface area contributed by atoms with Crippen molar-refractivity contribution in [1.82, 2.24) is 4.90 Å². The summed E-state index contributed by atoms with van der Waals surface area (Å²) in [5.74, 6) is 1.80. The number of carbonyl (C=O) groups is 2. The summed E-state index contributed by atoms with van der Waals surface area (Å²) in [6.07, 6.45) is 2.90. The van der Waals surface area contributed by atoms with Crippen molar-refractivity contribution in [3.8, 4) is 11.5 Å². The average molecular weight is 444 g/mol. The number of aryl methyl sites for hydroxylation is 1. The number of rotatable bonds is 5. The first-order valence-electron chi connectivity index (χ1n) is 11.7. The minimum atomic E-state index is -0.477. The number of hydrogen-bond acceptors (Lipinski definition) is 4. The predicted molar refractivity (Wildman–Crippen MR) is 128 cm³/mol. The Kier molecular flexibility index (Phi) is 5.79. The molecule has 0 atom stereocenters. The molecule has 0 N–H and O–H groups in total. The van der Waals surface area contributed by atoms with Gasteiger partial charge in [0.1, 0.15) is 17.1 Å². The third-order valence-corrected chi connectivity index (χ3v) is 6.80. The van der Waals surface area contributed by atoms with Crippen molar-refractivity contribution in [2.24, 2.45) is 0 Å². The van der Waals surface area contributed by atoms with Crippen LogP contribution in [0.25, 0.3) is 10.8 Å². The molecule has 3 aromatic rings. The molecule has 1 fully saturated rings. The normalized spacial score (nSPS) is 17.0. The number of fused-ring (bicyclic) bond motifs is 2. The maximum atomic E-state index is 12.7. The van der Waals surface area contributed by atoms with Gasteiger partial charge in [0.2, 0.25) is 5.91 Å². The molecule has 5 nitrogen and oxygen atoms in total. The second-order valence-electron chi connectivity index (χ2n) is 9.23. The first-order chi connectivity index (χ1) is 16.0. The van der Waals surface area contributed by atoms with Gasteiger partial charge in [-0.15, -0.1) is 0 Å². The van der Waals surface area contributed by atoms with E-state index in [0.29, 0.717) is 63.1 Å². The molecule has 2 aliphatic rings. The smallest absolute Gasteiger partial charge is 0.222 e. The molecule has 33 heavy (non-hydrogen) atoms. The molecule has 170 valence electrons. The quantitative estimate of drug-likeness (QED) is 0.500. The van der Waals surface area contributed by atoms with Crippen LogP contribution in [-0.2, 0) is 4.79 Å². The summed E-state index contributed by atoms with van der Waals surface area (Å²) in [5.41, 5.74) is 1.27. The number of benzene rings is 3. The van der Waals surface area contributed by atoms with Crippen LogP contribution in [0.15, 0.2) is 60.7 Å². The molecule has 3 aromatic carbocycles. The topological polar surface area (TPSA) is 55.8 Å². The number of carbonyl (C=O) groups excluding carboxylic acids is 2. The van der Waals surface area contributed by atoms with Crippen molar-refractivity contribution >= 4 is 22.5 Å². The van der Waals surface area contributed by atoms with Crippen molar-refractivity contribution < 1.29 is 19.1 Å². The molecule has 5 heteroatoms. The highest BCUT2D eigenvalue weighted by Crippen LogP contribution is 2.39. The van der Waals surface area contributed by atoms with E-state index in [9.17, 15) is 9.59 Å². The van der Waals surface area contributed by atoms with Gasteiger partial charge in [-0.2, -0.15) is 0 Å². The lowest BCUT2D eigenvalue weighted by molar-refractivity contribution is -0.135. The van der Waals surface area contributed by atoms with E-state index in [-0.39, 0.29) is 11.7 Å². The number of nitrogens with zero attached hydrogens (tertiary/aromatic N) is 1. The van der Waals surface area contributed by atoms with Gasteiger partial charge in [0.25, 0.3) is 0 Å². The van der Waals surface area contributed by atoms with E-state index < -0.39 is 5.60 Å². The van der Waals surface area contributed by atoms with Crippen LogP contribution in [0, 0.1) is 6.92 Å². The molecule has 0 saturated carbocycles. The number of ketones is 1. The molecule has 0 bridgehead atoms. The Bertz CT molecular complexity index is 1190. The maximum absolute atomic E-state index is 12.7. The third kappa shape index (κ3) is 4.58. The highest BCUT2D eigenvalue weighted by atomic mass is 16.5. The second kappa shape index (κ2) is 8.89. The lowest BCUT2D eigenvalue weighted by Crippen LogP contribution is -2.52. The van der Waals surface area contributed by atoms with Gasteiger partial charge in [-0.25, -0.2) is 0 Å². The summed E-state index contributed by atoms with van der Waals surface area (Å²) >= 11 is 0. The molecule has 1 spiro atoms. The van der Waals surface area contributed by atoms with Gasteiger partial charge in [0.05, 0.1) is 18.6 Å². The number of ether oxygens (including phenoxy) is 2. The van der Waals surface area contributed by atoms with Gasteiger partial charge >= 0.3 is 0 Å². The molecule has 2 aliphatic heterocycles. The Morgan fingerprint density at radius 3 is 2.64 bits per heavy atom. The fourth-order valence-corrected chi connectivity index (χ4v) is 4.88. The number of piperidine rings is 1. The van der Waals surface area contributed by atoms with Crippen LogP contribution in [-0.4, -0.2) is 41.9 Å². The van der Waals surface area contributed by atoms with Crippen molar-refractivity contribution in [2.45, 2.75) is 44.6 Å². The zero-order valence-electron chi connectivity index (χ0n) is 19.0. The zero-order chi connectivity index (χ0) is 22.8. The monoisotopic (exact) mass is 443 g/mol. The molecular weight excluding hydrogens is 414 g/mol. The molecule has 1 saturated heterocycles. The summed E-state index contributed by atoms with van der Waals surface area (Å²) in [5, 5.41) is 2.33. The van der Waals surface area contributed by atoms with Crippen LogP contribution in [0.4, 0.5) is 0 Å². The van der Waals surface area contributed by atoms with E-state index in [2.05, 4.69) is 18.2 Å². The van der Waals surface area contributed by atoms with E-state index in [0.717, 1.165) is 16.7 Å². The minimum absolute atomic E-state index is 0.144. The molecule has 2 heterocycles. The number of likely N-dealkylation sites (tertiary alicyclic amines) is 1. The summed E-state index contributed by atoms with van der Waals surface area (Å²) < 4.78 is 12.2. The van der Waals surface area contributed by atoms with E-state index in [1.165, 1.54) is 5.39 Å². The Balaban J connectivity index is 1.10. The standard InChI is InChI=1S/C28H29NO4/c1-20-8-11-26-24(17-20)25(30)19-28(33-26)12-14-29(15-13-28)27(31)7-4-16-32-23-10-9-21-5-2-3-6-22(21)18-23/h2-3,5-6,8-11,17-18H,4,7,12-16,19H2,1H3. The predicted octanol–water partition coefficient (Wildman–Crippen LogP) is 5.33. The molecule has 0 aliphatic carbocycles. The fraction of sp³-hybridized carbons (Fsp3) is 0.357. The van der Waals surface area contributed by atoms with E-state index in [4.69, 9.17) is 9.47 Å². The Labute approximate surface area is 194 Å². The summed E-state index contributed by atoms with van der Waals surface area (Å²) in [6.45, 7) is 3.74. The number of hydrogen-bond donors (Lipinski definition) is 0. The van der Waals surface area contributed by atoms with Gasteiger partial charge in [-0.1, -0.05) is 42.0 Å². The molecular formula is C28H29NO4. The Hall–Kier alpha value is -3.34. The van der Waals surface area contributed by atoms with Crippen LogP contribution < -0.4 is 9.47 Å². The molecule has 1 amide bonds. The van der Waals surface area contributed by atoms with E-state index >= 15 is 0 Å². The van der Waals surface area contributed by atoms with Crippen LogP contribution in [0.3, 0.4) is 0 Å². The van der Waals surface area contributed by atoms with Crippen LogP contribution in [0.2, 0.25) is 0 Å². The Morgan fingerprint density at radius 1 is 1.03 bits per heavy atom. The lowest BCUT2D eigenvalue weighted by atomic mass is 9.82. The summed E-state index contributed by atoms with van der Waals surface area (Å²) in [6, 6.07) is 20.0. The minimum Gasteiger partial charge on any atom is -0.494 e. The zero-order valence-corrected chi connectivity index (χ0v) is 19.0. The third-order valence-electron chi connectivity index (χ3n) is 6.80. The van der Waals surface area contributed by atoms with Crippen LogP contribution in [0.1, 0.15) is 48.0 Å². The molecule has 5 rings (SSSR count). The average Bonchev–Trinajstić information content (AvgIpc) is 2.83. The number of Topliss-reactive ketones (excluding diaryl/α,β-unsaturated/α-hetero) is 1. The van der Waals surface area contributed by atoms with Crippen molar-refractivity contribution in [2.75, 3.05) is 19.7 Å². The van der Waals surface area contributed by atoms with Gasteiger partial charge in [-0.3, -0.25) is 9.59 Å². The first kappa shape index (κ1) is 21.5. The van der Waals surface area contributed by atoms with Gasteiger partial charge in [-0.05, 0) is 48.4 Å².